The average molecular weight is 182 g/mol. The van der Waals surface area contributed by atoms with E-state index in [9.17, 15) is 5.11 Å². The number of ether oxygens (including phenoxy) is 1. The van der Waals surface area contributed by atoms with Crippen LogP contribution in [0.25, 0.3) is 0 Å². The van der Waals surface area contributed by atoms with E-state index in [4.69, 9.17) is 4.74 Å². The van der Waals surface area contributed by atoms with Crippen LogP contribution in [0.3, 0.4) is 0 Å². The average Bonchev–Trinajstić information content (AvgIpc) is 2.18. The molecule has 1 N–H and O–H groups in total. The van der Waals surface area contributed by atoms with Gasteiger partial charge in [-0.1, -0.05) is 0 Å². The lowest BCUT2D eigenvalue weighted by Crippen LogP contribution is -2.18. The molecule has 0 amide bonds. The Morgan fingerprint density at radius 3 is 2.62 bits per heavy atom. The van der Waals surface area contributed by atoms with E-state index in [1.54, 1.807) is 12.4 Å². The Kier molecular flexibility index (Phi) is 3.79. The third-order valence-corrected chi connectivity index (χ3v) is 1.80. The molecule has 0 aromatic carbocycles. The molecular formula is C9H14N2O2. The molecule has 2 unspecified atom stereocenters. The molecule has 0 saturated heterocycles. The zero-order chi connectivity index (χ0) is 9.68. The summed E-state index contributed by atoms with van der Waals surface area (Å²) in [5.74, 6) is 0. The first-order chi connectivity index (χ1) is 6.25. The maximum atomic E-state index is 9.72. The van der Waals surface area contributed by atoms with Gasteiger partial charge < -0.3 is 9.84 Å². The summed E-state index contributed by atoms with van der Waals surface area (Å²) < 4.78 is 5.25. The van der Waals surface area contributed by atoms with E-state index in [2.05, 4.69) is 9.97 Å². The van der Waals surface area contributed by atoms with Crippen molar-refractivity contribution in [2.24, 2.45) is 0 Å². The summed E-state index contributed by atoms with van der Waals surface area (Å²) in [4.78, 5) is 7.64. The van der Waals surface area contributed by atoms with Crippen LogP contribution < -0.4 is 0 Å². The van der Waals surface area contributed by atoms with Gasteiger partial charge in [0.2, 0.25) is 0 Å². The molecule has 72 valence electrons. The van der Waals surface area contributed by atoms with Gasteiger partial charge in [-0.25, -0.2) is 9.97 Å². The van der Waals surface area contributed by atoms with Crippen molar-refractivity contribution >= 4 is 0 Å². The fourth-order valence-corrected chi connectivity index (χ4v) is 1.09. The molecule has 4 nitrogen and oxygen atoms in total. The number of aliphatic hydroxyl groups is 1. The van der Waals surface area contributed by atoms with Gasteiger partial charge in [-0.2, -0.15) is 0 Å². The van der Waals surface area contributed by atoms with Crippen LogP contribution in [0.1, 0.15) is 25.5 Å². The first-order valence-electron chi connectivity index (χ1n) is 4.30. The third kappa shape index (κ3) is 2.75. The van der Waals surface area contributed by atoms with E-state index in [0.29, 0.717) is 12.2 Å². The number of aliphatic hydroxyl groups excluding tert-OH is 1. The predicted octanol–water partition coefficient (Wildman–Crippen LogP) is 0.935. The van der Waals surface area contributed by atoms with E-state index in [-0.39, 0.29) is 6.10 Å². The molecule has 1 rings (SSSR count). The number of nitrogens with zero attached hydrogens (tertiary/aromatic N) is 2. The molecule has 1 aromatic heterocycles. The van der Waals surface area contributed by atoms with Crippen LogP contribution in [0.2, 0.25) is 0 Å². The number of aromatic nitrogens is 2. The number of hydrogen-bond donors (Lipinski definition) is 1. The van der Waals surface area contributed by atoms with Gasteiger partial charge >= 0.3 is 0 Å². The summed E-state index contributed by atoms with van der Waals surface area (Å²) in [5.41, 5.74) is 0.684. The molecule has 0 aliphatic heterocycles. The first-order valence-corrected chi connectivity index (χ1v) is 4.30. The summed E-state index contributed by atoms with van der Waals surface area (Å²) in [6.07, 6.45) is 3.74. The Hall–Kier alpha value is -1.00. The van der Waals surface area contributed by atoms with Crippen LogP contribution in [0.4, 0.5) is 0 Å². The van der Waals surface area contributed by atoms with E-state index >= 15 is 0 Å². The van der Waals surface area contributed by atoms with Crippen LogP contribution >= 0.6 is 0 Å². The highest BCUT2D eigenvalue weighted by atomic mass is 16.5. The smallest absolute Gasteiger partial charge is 0.115 e. The zero-order valence-corrected chi connectivity index (χ0v) is 7.84. The number of hydrogen-bond acceptors (Lipinski definition) is 4. The Balaban J connectivity index is 2.62. The highest BCUT2D eigenvalue weighted by molar-refractivity contribution is 5.07. The Morgan fingerprint density at radius 2 is 2.08 bits per heavy atom. The summed E-state index contributed by atoms with van der Waals surface area (Å²) in [6, 6.07) is 0. The van der Waals surface area contributed by atoms with Crippen LogP contribution in [0.15, 0.2) is 18.7 Å². The van der Waals surface area contributed by atoms with Gasteiger partial charge in [0.15, 0.2) is 0 Å². The Morgan fingerprint density at radius 1 is 1.46 bits per heavy atom. The third-order valence-electron chi connectivity index (χ3n) is 1.80. The van der Waals surface area contributed by atoms with Crippen molar-refractivity contribution < 1.29 is 9.84 Å². The van der Waals surface area contributed by atoms with Gasteiger partial charge in [-0.3, -0.25) is 0 Å². The van der Waals surface area contributed by atoms with Crippen molar-refractivity contribution in [3.05, 3.63) is 24.3 Å². The SMILES string of the molecule is CCOC(C)C(O)c1cncnc1. The maximum Gasteiger partial charge on any atom is 0.115 e. The molecule has 2 atom stereocenters. The van der Waals surface area contributed by atoms with E-state index in [0.717, 1.165) is 0 Å². The van der Waals surface area contributed by atoms with Crippen molar-refractivity contribution in [1.82, 2.24) is 9.97 Å². The van der Waals surface area contributed by atoms with Crippen LogP contribution in [0, 0.1) is 0 Å². The van der Waals surface area contributed by atoms with Gasteiger partial charge in [-0.05, 0) is 13.8 Å². The normalized spacial score (nSPS) is 15.3. The Labute approximate surface area is 77.6 Å². The van der Waals surface area contributed by atoms with Crippen molar-refractivity contribution in [3.63, 3.8) is 0 Å². The molecule has 13 heavy (non-hydrogen) atoms. The second kappa shape index (κ2) is 4.89. The maximum absolute atomic E-state index is 9.72. The molecule has 1 heterocycles. The second-order valence-electron chi connectivity index (χ2n) is 2.78. The summed E-state index contributed by atoms with van der Waals surface area (Å²) in [5, 5.41) is 9.72. The predicted molar refractivity (Wildman–Crippen MR) is 48.1 cm³/mol. The first kappa shape index (κ1) is 10.1. The minimum Gasteiger partial charge on any atom is -0.386 e. The van der Waals surface area contributed by atoms with Gasteiger partial charge in [-0.15, -0.1) is 0 Å². The molecule has 0 spiro atoms. The standard InChI is InChI=1S/C9H14N2O2/c1-3-13-7(2)9(12)8-4-10-6-11-5-8/h4-7,9,12H,3H2,1-2H3. The van der Waals surface area contributed by atoms with Gasteiger partial charge in [0, 0.05) is 24.6 Å². The molecule has 0 aliphatic carbocycles. The van der Waals surface area contributed by atoms with Gasteiger partial charge in [0.05, 0.1) is 6.10 Å². The van der Waals surface area contributed by atoms with Crippen molar-refractivity contribution in [2.75, 3.05) is 6.61 Å². The van der Waals surface area contributed by atoms with E-state index in [1.165, 1.54) is 6.33 Å². The fraction of sp³-hybridized carbons (Fsp3) is 0.556. The topological polar surface area (TPSA) is 55.2 Å². The minimum absolute atomic E-state index is 0.226. The minimum atomic E-state index is -0.652. The molecule has 0 radical (unpaired) electrons. The Bertz CT molecular complexity index is 241. The highest BCUT2D eigenvalue weighted by Crippen LogP contribution is 2.16. The molecule has 0 saturated carbocycles. The summed E-state index contributed by atoms with van der Waals surface area (Å²) >= 11 is 0. The van der Waals surface area contributed by atoms with Crippen LogP contribution in [0.5, 0.6) is 0 Å². The van der Waals surface area contributed by atoms with Crippen LogP contribution in [-0.4, -0.2) is 27.8 Å². The quantitative estimate of drug-likeness (QED) is 0.752. The van der Waals surface area contributed by atoms with Crippen LogP contribution in [-0.2, 0) is 4.74 Å². The largest absolute Gasteiger partial charge is 0.386 e. The molecule has 4 heteroatoms. The second-order valence-corrected chi connectivity index (χ2v) is 2.78. The molecule has 0 fully saturated rings. The highest BCUT2D eigenvalue weighted by Gasteiger charge is 2.16. The van der Waals surface area contributed by atoms with Crippen molar-refractivity contribution in [3.8, 4) is 0 Å². The fourth-order valence-electron chi connectivity index (χ4n) is 1.09. The molecule has 1 aromatic rings. The van der Waals surface area contributed by atoms with E-state index in [1.807, 2.05) is 13.8 Å². The van der Waals surface area contributed by atoms with E-state index < -0.39 is 6.10 Å². The van der Waals surface area contributed by atoms with Crippen molar-refractivity contribution in [1.29, 1.82) is 0 Å². The summed E-state index contributed by atoms with van der Waals surface area (Å²) in [7, 11) is 0. The van der Waals surface area contributed by atoms with Gasteiger partial charge in [0.1, 0.15) is 12.4 Å². The molecule has 0 bridgehead atoms. The summed E-state index contributed by atoms with van der Waals surface area (Å²) in [6.45, 7) is 4.30. The number of rotatable bonds is 4. The molecular weight excluding hydrogens is 168 g/mol. The lowest BCUT2D eigenvalue weighted by Gasteiger charge is -2.17. The zero-order valence-electron chi connectivity index (χ0n) is 7.84. The molecule has 0 aliphatic rings. The monoisotopic (exact) mass is 182 g/mol. The lowest BCUT2D eigenvalue weighted by atomic mass is 10.1. The lowest BCUT2D eigenvalue weighted by molar-refractivity contribution is -0.0230. The van der Waals surface area contributed by atoms with Gasteiger partial charge in [0.25, 0.3) is 0 Å². The van der Waals surface area contributed by atoms with Crippen molar-refractivity contribution in [2.45, 2.75) is 26.1 Å².